The Bertz CT molecular complexity index is 149. The summed E-state index contributed by atoms with van der Waals surface area (Å²) in [5.74, 6) is 0.936. The van der Waals surface area contributed by atoms with Crippen LogP contribution < -0.4 is 10.6 Å². The van der Waals surface area contributed by atoms with Gasteiger partial charge in [-0.05, 0) is 38.9 Å². The number of nitrogens with zero attached hydrogens (tertiary/aromatic N) is 1. The molecule has 2 aliphatic rings. The van der Waals surface area contributed by atoms with Crippen LogP contribution in [0.5, 0.6) is 0 Å². The van der Waals surface area contributed by atoms with Crippen LogP contribution in [0.1, 0.15) is 26.7 Å². The van der Waals surface area contributed by atoms with E-state index in [4.69, 9.17) is 0 Å². The molecule has 0 bridgehead atoms. The third-order valence-electron chi connectivity index (χ3n) is 3.38. The highest BCUT2D eigenvalue weighted by Crippen LogP contribution is 2.13. The lowest BCUT2D eigenvalue weighted by molar-refractivity contribution is 0.152. The van der Waals surface area contributed by atoms with Crippen LogP contribution in [0.3, 0.4) is 0 Å². The molecule has 0 aromatic heterocycles. The van der Waals surface area contributed by atoms with Crippen molar-refractivity contribution in [3.63, 3.8) is 0 Å². The summed E-state index contributed by atoms with van der Waals surface area (Å²) < 4.78 is 0. The summed E-state index contributed by atoms with van der Waals surface area (Å²) in [5, 5.41) is 6.70. The van der Waals surface area contributed by atoms with Gasteiger partial charge >= 0.3 is 0 Å². The maximum Gasteiger partial charge on any atom is 0.00884 e. The summed E-state index contributed by atoms with van der Waals surface area (Å²) in [6, 6.07) is 0.774. The fourth-order valence-corrected chi connectivity index (χ4v) is 2.25. The summed E-state index contributed by atoms with van der Waals surface area (Å²) in [6.07, 6.45) is 2.66. The molecule has 0 atom stereocenters. The zero-order valence-corrected chi connectivity index (χ0v) is 10.6. The molecule has 2 heterocycles. The highest BCUT2D eigenvalue weighted by atomic mass is 15.2. The van der Waals surface area contributed by atoms with Crippen molar-refractivity contribution in [3.05, 3.63) is 0 Å². The van der Waals surface area contributed by atoms with Crippen molar-refractivity contribution < 1.29 is 0 Å². The average Bonchev–Trinajstić information content (AvgIpc) is 2.27. The molecule has 90 valence electrons. The van der Waals surface area contributed by atoms with Crippen molar-refractivity contribution in [2.45, 2.75) is 32.7 Å². The maximum atomic E-state index is 3.37. The van der Waals surface area contributed by atoms with E-state index in [-0.39, 0.29) is 0 Å². The molecule has 0 unspecified atom stereocenters. The first-order valence-electron chi connectivity index (χ1n) is 6.49. The summed E-state index contributed by atoms with van der Waals surface area (Å²) >= 11 is 0. The smallest absolute Gasteiger partial charge is 0.00884 e. The van der Waals surface area contributed by atoms with Crippen LogP contribution in [0.2, 0.25) is 0 Å². The number of likely N-dealkylation sites (tertiary alicyclic amines) is 1. The predicted octanol–water partition coefficient (Wildman–Crippen LogP) is 0.916. The van der Waals surface area contributed by atoms with Gasteiger partial charge in [-0.3, -0.25) is 0 Å². The van der Waals surface area contributed by atoms with Gasteiger partial charge in [-0.15, -0.1) is 0 Å². The van der Waals surface area contributed by atoms with E-state index in [1.165, 1.54) is 45.6 Å². The normalized spacial score (nSPS) is 24.2. The van der Waals surface area contributed by atoms with E-state index in [0.717, 1.165) is 12.0 Å². The zero-order valence-electron chi connectivity index (χ0n) is 10.6. The van der Waals surface area contributed by atoms with Crippen molar-refractivity contribution in [2.24, 2.45) is 5.92 Å². The molecule has 15 heavy (non-hydrogen) atoms. The molecule has 2 fully saturated rings. The van der Waals surface area contributed by atoms with Gasteiger partial charge in [-0.2, -0.15) is 0 Å². The van der Waals surface area contributed by atoms with Crippen molar-refractivity contribution in [3.8, 4) is 0 Å². The minimum atomic E-state index is 0.774. The largest absolute Gasteiger partial charge is 0.317 e. The Hall–Kier alpha value is -0.120. The lowest BCUT2D eigenvalue weighted by Crippen LogP contribution is -2.50. The van der Waals surface area contributed by atoms with Gasteiger partial charge in [0.15, 0.2) is 0 Å². The Morgan fingerprint density at radius 1 is 1.20 bits per heavy atom. The topological polar surface area (TPSA) is 27.3 Å². The molecule has 2 aliphatic heterocycles. The summed E-state index contributed by atoms with van der Waals surface area (Å²) in [6.45, 7) is 10.4. The van der Waals surface area contributed by atoms with Crippen molar-refractivity contribution >= 4 is 0 Å². The van der Waals surface area contributed by atoms with Crippen LogP contribution in [0.4, 0.5) is 0 Å². The van der Waals surface area contributed by atoms with Crippen molar-refractivity contribution in [2.75, 3.05) is 39.8 Å². The van der Waals surface area contributed by atoms with Crippen molar-refractivity contribution in [1.82, 2.24) is 15.5 Å². The third-order valence-corrected chi connectivity index (χ3v) is 3.38. The van der Waals surface area contributed by atoms with Gasteiger partial charge in [-0.25, -0.2) is 0 Å². The highest BCUT2D eigenvalue weighted by Gasteiger charge is 2.23. The third kappa shape index (κ3) is 4.09. The first-order valence-corrected chi connectivity index (χ1v) is 6.49. The molecule has 0 amide bonds. The molecule has 0 aliphatic carbocycles. The molecule has 0 spiro atoms. The zero-order chi connectivity index (χ0) is 11.1. The maximum absolute atomic E-state index is 3.37. The first kappa shape index (κ1) is 12.9. The monoisotopic (exact) mass is 213 g/mol. The van der Waals surface area contributed by atoms with E-state index in [9.17, 15) is 0 Å². The lowest BCUT2D eigenvalue weighted by Gasteiger charge is -2.37. The second kappa shape index (κ2) is 7.20. The van der Waals surface area contributed by atoms with Crippen LogP contribution in [0.25, 0.3) is 0 Å². The average molecular weight is 213 g/mol. The molecule has 3 nitrogen and oxygen atoms in total. The fraction of sp³-hybridized carbons (Fsp3) is 1.00. The fourth-order valence-electron chi connectivity index (χ4n) is 2.25. The quantitative estimate of drug-likeness (QED) is 0.730. The van der Waals surface area contributed by atoms with Crippen molar-refractivity contribution in [1.29, 1.82) is 0 Å². The second-order valence-electron chi connectivity index (χ2n) is 4.39. The van der Waals surface area contributed by atoms with Crippen LogP contribution in [-0.4, -0.2) is 50.7 Å². The predicted molar refractivity (Wildman–Crippen MR) is 66.2 cm³/mol. The van der Waals surface area contributed by atoms with Gasteiger partial charge in [0.05, 0.1) is 0 Å². The summed E-state index contributed by atoms with van der Waals surface area (Å²) in [4.78, 5) is 2.62. The molecule has 2 rings (SSSR count). The first-order chi connectivity index (χ1) is 7.38. The Morgan fingerprint density at radius 3 is 2.20 bits per heavy atom. The molecule has 0 radical (unpaired) electrons. The minimum Gasteiger partial charge on any atom is -0.317 e. The van der Waals surface area contributed by atoms with Crippen LogP contribution in [0, 0.1) is 5.92 Å². The van der Waals surface area contributed by atoms with Crippen LogP contribution in [0.15, 0.2) is 0 Å². The van der Waals surface area contributed by atoms with Crippen LogP contribution >= 0.6 is 0 Å². The van der Waals surface area contributed by atoms with E-state index in [1.54, 1.807) is 0 Å². The molecule has 3 heteroatoms. The Balaban J connectivity index is 0.000000531. The van der Waals surface area contributed by atoms with Gasteiger partial charge in [-0.1, -0.05) is 13.8 Å². The summed E-state index contributed by atoms with van der Waals surface area (Å²) in [5.41, 5.74) is 0. The van der Waals surface area contributed by atoms with Gasteiger partial charge in [0, 0.05) is 25.7 Å². The van der Waals surface area contributed by atoms with E-state index in [2.05, 4.69) is 22.6 Å². The number of nitrogens with one attached hydrogen (secondary N) is 2. The number of hydrogen-bond donors (Lipinski definition) is 2. The SMILES string of the molecule is CC.CNC1CCN(CC2CNC2)CC1. The second-order valence-corrected chi connectivity index (χ2v) is 4.39. The number of hydrogen-bond acceptors (Lipinski definition) is 3. The van der Waals surface area contributed by atoms with Gasteiger partial charge < -0.3 is 15.5 Å². The molecule has 2 N–H and O–H groups in total. The van der Waals surface area contributed by atoms with E-state index >= 15 is 0 Å². The minimum absolute atomic E-state index is 0.774. The number of rotatable bonds is 3. The Kier molecular flexibility index (Phi) is 6.22. The molecule has 0 aromatic carbocycles. The van der Waals surface area contributed by atoms with Gasteiger partial charge in [0.2, 0.25) is 0 Å². The highest BCUT2D eigenvalue weighted by molar-refractivity contribution is 4.82. The van der Waals surface area contributed by atoms with Gasteiger partial charge in [0.25, 0.3) is 0 Å². The molecule has 2 saturated heterocycles. The van der Waals surface area contributed by atoms with Gasteiger partial charge in [0.1, 0.15) is 0 Å². The number of piperidine rings is 1. The van der Waals surface area contributed by atoms with E-state index < -0.39 is 0 Å². The molecular formula is C12H27N3. The molecule has 0 aromatic rings. The molecular weight excluding hydrogens is 186 g/mol. The Morgan fingerprint density at radius 2 is 1.80 bits per heavy atom. The van der Waals surface area contributed by atoms with E-state index in [0.29, 0.717) is 0 Å². The van der Waals surface area contributed by atoms with Crippen LogP contribution in [-0.2, 0) is 0 Å². The summed E-state index contributed by atoms with van der Waals surface area (Å²) in [7, 11) is 2.08. The standard InChI is InChI=1S/C10H21N3.C2H6/c1-11-10-2-4-13(5-3-10)8-9-6-12-7-9;1-2/h9-12H,2-8H2,1H3;1-2H3. The molecule has 0 saturated carbocycles. The lowest BCUT2D eigenvalue weighted by atomic mass is 9.99. The Labute approximate surface area is 94.6 Å². The van der Waals surface area contributed by atoms with E-state index in [1.807, 2.05) is 13.8 Å².